The monoisotopic (exact) mass is 654 g/mol. The van der Waals surface area contributed by atoms with Crippen LogP contribution >= 0.6 is 0 Å². The molecule has 0 unspecified atom stereocenters. The first-order valence-corrected chi connectivity index (χ1v) is 17.1. The molecule has 0 atom stereocenters. The molecule has 0 spiro atoms. The van der Waals surface area contributed by atoms with Crippen LogP contribution in [0.5, 0.6) is 0 Å². The van der Waals surface area contributed by atoms with Gasteiger partial charge in [-0.05, 0) is 93.7 Å². The van der Waals surface area contributed by atoms with Gasteiger partial charge >= 0.3 is 0 Å². The Morgan fingerprint density at radius 2 is 0.980 bits per heavy atom. The smallest absolute Gasteiger partial charge is 0.227 e. The van der Waals surface area contributed by atoms with Crippen molar-refractivity contribution in [3.63, 3.8) is 0 Å². The summed E-state index contributed by atoms with van der Waals surface area (Å²) in [4.78, 5) is 7.15. The Morgan fingerprint density at radius 3 is 1.75 bits per heavy atom. The molecular formula is C47H30N2O2. The molecular weight excluding hydrogens is 625 g/mol. The SMILES string of the molecule is c1ccc(-c2ccc(N(c3ccc(-c4cccc5ccccc45)cc3)c3ccc4oc5cc6oc(-c7ccccc7)nc6cc5c4c3)cc2)cc1. The Labute approximate surface area is 294 Å². The Morgan fingerprint density at radius 1 is 0.373 bits per heavy atom. The number of rotatable bonds is 6. The molecule has 0 aliphatic carbocycles. The Balaban J connectivity index is 1.10. The molecule has 240 valence electrons. The Kier molecular flexibility index (Phi) is 6.78. The summed E-state index contributed by atoms with van der Waals surface area (Å²) in [7, 11) is 0. The third-order valence-electron chi connectivity index (χ3n) is 9.70. The first-order valence-electron chi connectivity index (χ1n) is 17.1. The molecule has 10 aromatic rings. The standard InChI is InChI=1S/C47H30N2O2/c1-3-10-31(11-4-1)32-18-22-36(23-19-32)49(37-24-20-34(21-25-37)40-17-9-15-33-12-7-8-16-39(33)40)38-26-27-44-41(28-38)42-29-43-46(30-45(42)50-44)51-47(48-43)35-13-5-2-6-14-35/h1-30H. The molecule has 0 amide bonds. The second-order valence-electron chi connectivity index (χ2n) is 12.8. The maximum atomic E-state index is 6.38. The van der Waals surface area contributed by atoms with Gasteiger partial charge in [-0.3, -0.25) is 0 Å². The summed E-state index contributed by atoms with van der Waals surface area (Å²) in [5, 5.41) is 4.50. The molecule has 2 aromatic heterocycles. The molecule has 10 rings (SSSR count). The van der Waals surface area contributed by atoms with Crippen LogP contribution in [0.4, 0.5) is 17.1 Å². The highest BCUT2D eigenvalue weighted by Gasteiger charge is 2.18. The van der Waals surface area contributed by atoms with Crippen LogP contribution < -0.4 is 4.90 Å². The van der Waals surface area contributed by atoms with Crippen LogP contribution in [0.15, 0.2) is 191 Å². The molecule has 51 heavy (non-hydrogen) atoms. The highest BCUT2D eigenvalue weighted by atomic mass is 16.4. The van der Waals surface area contributed by atoms with Crippen LogP contribution in [0.25, 0.3) is 77.5 Å². The number of hydrogen-bond donors (Lipinski definition) is 0. The Hall–Kier alpha value is -6.91. The van der Waals surface area contributed by atoms with Crippen LogP contribution in [0.1, 0.15) is 0 Å². The zero-order valence-electron chi connectivity index (χ0n) is 27.5. The third kappa shape index (κ3) is 5.13. The second-order valence-corrected chi connectivity index (χ2v) is 12.8. The van der Waals surface area contributed by atoms with Crippen LogP contribution in [0.3, 0.4) is 0 Å². The van der Waals surface area contributed by atoms with Gasteiger partial charge in [-0.1, -0.05) is 115 Å². The third-order valence-corrected chi connectivity index (χ3v) is 9.70. The van der Waals surface area contributed by atoms with E-state index in [1.807, 2.05) is 42.5 Å². The number of nitrogens with zero attached hydrogens (tertiary/aromatic N) is 2. The van der Waals surface area contributed by atoms with Crippen LogP contribution in [0, 0.1) is 0 Å². The summed E-state index contributed by atoms with van der Waals surface area (Å²) in [5.74, 6) is 0.598. The fourth-order valence-electron chi connectivity index (χ4n) is 7.18. The molecule has 0 radical (unpaired) electrons. The molecule has 0 bridgehead atoms. The number of oxazole rings is 1. The molecule has 0 saturated carbocycles. The highest BCUT2D eigenvalue weighted by Crippen LogP contribution is 2.41. The van der Waals surface area contributed by atoms with Gasteiger partial charge < -0.3 is 13.7 Å². The summed E-state index contributed by atoms with van der Waals surface area (Å²) in [6.45, 7) is 0. The quantitative estimate of drug-likeness (QED) is 0.179. The van der Waals surface area contributed by atoms with E-state index in [1.54, 1.807) is 0 Å². The summed E-state index contributed by atoms with van der Waals surface area (Å²) in [5.41, 5.74) is 11.9. The average molecular weight is 655 g/mol. The minimum absolute atomic E-state index is 0.598. The summed E-state index contributed by atoms with van der Waals surface area (Å²) in [6, 6.07) is 63.6. The lowest BCUT2D eigenvalue weighted by molar-refractivity contribution is 0.617. The van der Waals surface area contributed by atoms with Gasteiger partial charge in [-0.15, -0.1) is 0 Å². The number of furan rings is 1. The largest absolute Gasteiger partial charge is 0.456 e. The van der Waals surface area contributed by atoms with Crippen molar-refractivity contribution in [2.24, 2.45) is 0 Å². The first-order chi connectivity index (χ1) is 25.2. The lowest BCUT2D eigenvalue weighted by atomic mass is 9.98. The van der Waals surface area contributed by atoms with Crippen molar-refractivity contribution in [1.82, 2.24) is 4.98 Å². The average Bonchev–Trinajstić information content (AvgIpc) is 3.78. The number of fused-ring (bicyclic) bond motifs is 5. The molecule has 0 aliphatic heterocycles. The van der Waals surface area contributed by atoms with Crippen molar-refractivity contribution in [2.45, 2.75) is 0 Å². The zero-order valence-corrected chi connectivity index (χ0v) is 27.5. The number of benzene rings is 8. The van der Waals surface area contributed by atoms with E-state index >= 15 is 0 Å². The highest BCUT2D eigenvalue weighted by molar-refractivity contribution is 6.10. The van der Waals surface area contributed by atoms with Crippen molar-refractivity contribution >= 4 is 60.9 Å². The van der Waals surface area contributed by atoms with Gasteiger partial charge in [-0.25, -0.2) is 4.98 Å². The topological polar surface area (TPSA) is 42.4 Å². The predicted octanol–water partition coefficient (Wildman–Crippen LogP) is 13.4. The lowest BCUT2D eigenvalue weighted by Gasteiger charge is -2.26. The minimum atomic E-state index is 0.598. The summed E-state index contributed by atoms with van der Waals surface area (Å²) >= 11 is 0. The fourth-order valence-corrected chi connectivity index (χ4v) is 7.18. The van der Waals surface area contributed by atoms with Crippen molar-refractivity contribution in [3.05, 3.63) is 182 Å². The normalized spacial score (nSPS) is 11.5. The molecule has 0 aliphatic rings. The fraction of sp³-hybridized carbons (Fsp3) is 0. The van der Waals surface area contributed by atoms with Gasteiger partial charge in [0, 0.05) is 39.5 Å². The van der Waals surface area contributed by atoms with Crippen LogP contribution in [0.2, 0.25) is 0 Å². The molecule has 0 fully saturated rings. The summed E-state index contributed by atoms with van der Waals surface area (Å²) < 4.78 is 12.5. The number of hydrogen-bond acceptors (Lipinski definition) is 4. The van der Waals surface area contributed by atoms with E-state index in [4.69, 9.17) is 13.8 Å². The molecule has 0 saturated heterocycles. The van der Waals surface area contributed by atoms with Crippen LogP contribution in [-0.2, 0) is 0 Å². The molecule has 8 aromatic carbocycles. The number of anilines is 3. The van der Waals surface area contributed by atoms with E-state index in [0.29, 0.717) is 11.5 Å². The Bertz CT molecular complexity index is 2830. The van der Waals surface area contributed by atoms with E-state index in [2.05, 4.69) is 144 Å². The molecule has 0 N–H and O–H groups in total. The molecule has 2 heterocycles. The molecule has 4 heteroatoms. The minimum Gasteiger partial charge on any atom is -0.456 e. The second kappa shape index (κ2) is 11.9. The van der Waals surface area contributed by atoms with Gasteiger partial charge in [0.15, 0.2) is 5.58 Å². The van der Waals surface area contributed by atoms with Gasteiger partial charge in [0.25, 0.3) is 0 Å². The number of aromatic nitrogens is 1. The van der Waals surface area contributed by atoms with Gasteiger partial charge in [-0.2, -0.15) is 0 Å². The summed E-state index contributed by atoms with van der Waals surface area (Å²) in [6.07, 6.45) is 0. The van der Waals surface area contributed by atoms with E-state index in [1.165, 1.54) is 33.0 Å². The van der Waals surface area contributed by atoms with E-state index in [-0.39, 0.29) is 0 Å². The lowest BCUT2D eigenvalue weighted by Crippen LogP contribution is -2.09. The van der Waals surface area contributed by atoms with Crippen molar-refractivity contribution in [2.75, 3.05) is 4.90 Å². The molecule has 4 nitrogen and oxygen atoms in total. The van der Waals surface area contributed by atoms with Crippen LogP contribution in [-0.4, -0.2) is 4.98 Å². The van der Waals surface area contributed by atoms with Crippen molar-refractivity contribution < 1.29 is 8.83 Å². The van der Waals surface area contributed by atoms with Crippen molar-refractivity contribution in [3.8, 4) is 33.7 Å². The van der Waals surface area contributed by atoms with E-state index in [9.17, 15) is 0 Å². The van der Waals surface area contributed by atoms with Gasteiger partial charge in [0.1, 0.15) is 16.7 Å². The maximum Gasteiger partial charge on any atom is 0.227 e. The van der Waals surface area contributed by atoms with Crippen molar-refractivity contribution in [1.29, 1.82) is 0 Å². The maximum absolute atomic E-state index is 6.38. The van der Waals surface area contributed by atoms with E-state index < -0.39 is 0 Å². The predicted molar refractivity (Wildman–Crippen MR) is 210 cm³/mol. The van der Waals surface area contributed by atoms with Gasteiger partial charge in [0.05, 0.1) is 0 Å². The first kappa shape index (κ1) is 29.0. The zero-order chi connectivity index (χ0) is 33.7. The van der Waals surface area contributed by atoms with Gasteiger partial charge in [0.2, 0.25) is 5.89 Å². The van der Waals surface area contributed by atoms with E-state index in [0.717, 1.165) is 50.1 Å².